The third kappa shape index (κ3) is 2.82. The fourth-order valence-corrected chi connectivity index (χ4v) is 4.10. The van der Waals surface area contributed by atoms with Gasteiger partial charge >= 0.3 is 0 Å². The van der Waals surface area contributed by atoms with Crippen molar-refractivity contribution in [2.45, 2.75) is 57.1 Å². The first-order valence-electron chi connectivity index (χ1n) is 8.46. The van der Waals surface area contributed by atoms with Gasteiger partial charge < -0.3 is 15.7 Å². The number of anilines is 1. The molecular weight excluding hydrogens is 260 g/mol. The standard InChI is InChI=1S/C18H28N2O/c1-2-16(19)15-8-3-4-9-17(15)20-12-11-18(21)10-6-5-7-14(18)13-20/h3-4,8-9,14,16,21H,2,5-7,10-13,19H2,1H3. The first-order valence-corrected chi connectivity index (χ1v) is 8.46. The van der Waals surface area contributed by atoms with Crippen molar-refractivity contribution >= 4 is 5.69 Å². The number of hydrogen-bond donors (Lipinski definition) is 2. The fraction of sp³-hybridized carbons (Fsp3) is 0.667. The zero-order valence-electron chi connectivity index (χ0n) is 13.1. The Balaban J connectivity index is 1.82. The highest BCUT2D eigenvalue weighted by Crippen LogP contribution is 2.41. The number of rotatable bonds is 3. The van der Waals surface area contributed by atoms with Gasteiger partial charge in [0.05, 0.1) is 5.60 Å². The van der Waals surface area contributed by atoms with Gasteiger partial charge in [0.2, 0.25) is 0 Å². The summed E-state index contributed by atoms with van der Waals surface area (Å²) < 4.78 is 0. The van der Waals surface area contributed by atoms with E-state index in [-0.39, 0.29) is 6.04 Å². The number of nitrogens with two attached hydrogens (primary N) is 1. The maximum atomic E-state index is 10.8. The SMILES string of the molecule is CCC(N)c1ccccc1N1CCC2(O)CCCCC2C1. The number of aliphatic hydroxyl groups is 1. The zero-order valence-corrected chi connectivity index (χ0v) is 13.1. The molecule has 3 nitrogen and oxygen atoms in total. The molecule has 116 valence electrons. The molecule has 1 saturated heterocycles. The number of para-hydroxylation sites is 1. The van der Waals surface area contributed by atoms with Crippen LogP contribution in [0.25, 0.3) is 0 Å². The molecule has 0 radical (unpaired) electrons. The average Bonchev–Trinajstić information content (AvgIpc) is 2.53. The molecule has 3 atom stereocenters. The molecule has 0 aromatic heterocycles. The molecular formula is C18H28N2O. The van der Waals surface area contributed by atoms with Crippen molar-refractivity contribution in [1.29, 1.82) is 0 Å². The Hall–Kier alpha value is -1.06. The van der Waals surface area contributed by atoms with Crippen LogP contribution in [-0.2, 0) is 0 Å². The molecule has 3 N–H and O–H groups in total. The Bertz CT molecular complexity index is 490. The minimum absolute atomic E-state index is 0.105. The highest BCUT2D eigenvalue weighted by atomic mass is 16.3. The van der Waals surface area contributed by atoms with E-state index in [1.165, 1.54) is 24.1 Å². The normalized spacial score (nSPS) is 30.8. The molecule has 3 rings (SSSR count). The molecule has 1 saturated carbocycles. The minimum Gasteiger partial charge on any atom is -0.389 e. The quantitative estimate of drug-likeness (QED) is 0.898. The van der Waals surface area contributed by atoms with Gasteiger partial charge in [-0.1, -0.05) is 38.0 Å². The Morgan fingerprint density at radius 1 is 1.33 bits per heavy atom. The van der Waals surface area contributed by atoms with Gasteiger partial charge in [0.15, 0.2) is 0 Å². The average molecular weight is 288 g/mol. The second kappa shape index (κ2) is 5.98. The van der Waals surface area contributed by atoms with Crippen LogP contribution in [0.2, 0.25) is 0 Å². The summed E-state index contributed by atoms with van der Waals surface area (Å²) in [5, 5.41) is 10.8. The molecule has 1 aliphatic carbocycles. The number of fused-ring (bicyclic) bond motifs is 1. The van der Waals surface area contributed by atoms with E-state index in [2.05, 4.69) is 36.1 Å². The molecule has 21 heavy (non-hydrogen) atoms. The van der Waals surface area contributed by atoms with Gasteiger partial charge in [-0.3, -0.25) is 0 Å². The van der Waals surface area contributed by atoms with E-state index >= 15 is 0 Å². The van der Waals surface area contributed by atoms with Crippen LogP contribution < -0.4 is 10.6 Å². The molecule has 3 unspecified atom stereocenters. The van der Waals surface area contributed by atoms with Crippen molar-refractivity contribution in [2.24, 2.45) is 11.7 Å². The predicted molar refractivity (Wildman–Crippen MR) is 87.4 cm³/mol. The van der Waals surface area contributed by atoms with Crippen LogP contribution >= 0.6 is 0 Å². The Kier molecular flexibility index (Phi) is 4.23. The van der Waals surface area contributed by atoms with E-state index in [4.69, 9.17) is 5.73 Å². The van der Waals surface area contributed by atoms with Crippen molar-refractivity contribution in [3.63, 3.8) is 0 Å². The third-order valence-electron chi connectivity index (χ3n) is 5.54. The first-order chi connectivity index (χ1) is 10.1. The largest absolute Gasteiger partial charge is 0.389 e. The van der Waals surface area contributed by atoms with Crippen LogP contribution in [0, 0.1) is 5.92 Å². The second-order valence-electron chi connectivity index (χ2n) is 6.82. The molecule has 1 aromatic rings. The molecule has 2 aliphatic rings. The minimum atomic E-state index is -0.406. The molecule has 0 amide bonds. The lowest BCUT2D eigenvalue weighted by molar-refractivity contribution is -0.0612. The maximum absolute atomic E-state index is 10.8. The lowest BCUT2D eigenvalue weighted by atomic mass is 9.71. The highest BCUT2D eigenvalue weighted by Gasteiger charge is 2.43. The van der Waals surface area contributed by atoms with Gasteiger partial charge in [0.1, 0.15) is 0 Å². The van der Waals surface area contributed by atoms with E-state index in [1.807, 2.05) is 0 Å². The Morgan fingerprint density at radius 3 is 2.95 bits per heavy atom. The fourth-order valence-electron chi connectivity index (χ4n) is 4.10. The number of nitrogens with zero attached hydrogens (tertiary/aromatic N) is 1. The van der Waals surface area contributed by atoms with Crippen LogP contribution in [0.15, 0.2) is 24.3 Å². The lowest BCUT2D eigenvalue weighted by Crippen LogP contribution is -2.53. The highest BCUT2D eigenvalue weighted by molar-refractivity contribution is 5.55. The van der Waals surface area contributed by atoms with Crippen LogP contribution in [0.4, 0.5) is 5.69 Å². The summed E-state index contributed by atoms with van der Waals surface area (Å²) in [6, 6.07) is 8.63. The van der Waals surface area contributed by atoms with Crippen molar-refractivity contribution in [3.05, 3.63) is 29.8 Å². The predicted octanol–water partition coefficient (Wildman–Crippen LogP) is 3.23. The van der Waals surface area contributed by atoms with Crippen molar-refractivity contribution in [1.82, 2.24) is 0 Å². The van der Waals surface area contributed by atoms with Crippen LogP contribution in [0.5, 0.6) is 0 Å². The van der Waals surface area contributed by atoms with Crippen LogP contribution in [-0.4, -0.2) is 23.8 Å². The Labute approximate surface area is 128 Å². The monoisotopic (exact) mass is 288 g/mol. The molecule has 2 fully saturated rings. The van der Waals surface area contributed by atoms with E-state index < -0.39 is 5.60 Å². The van der Waals surface area contributed by atoms with E-state index in [9.17, 15) is 5.11 Å². The lowest BCUT2D eigenvalue weighted by Gasteiger charge is -2.48. The van der Waals surface area contributed by atoms with E-state index in [1.54, 1.807) is 0 Å². The van der Waals surface area contributed by atoms with Gasteiger partial charge in [-0.15, -0.1) is 0 Å². The van der Waals surface area contributed by atoms with Crippen molar-refractivity contribution in [2.75, 3.05) is 18.0 Å². The van der Waals surface area contributed by atoms with Crippen molar-refractivity contribution < 1.29 is 5.11 Å². The smallest absolute Gasteiger partial charge is 0.0709 e. The van der Waals surface area contributed by atoms with Crippen LogP contribution in [0.1, 0.15) is 57.1 Å². The summed E-state index contributed by atoms with van der Waals surface area (Å²) in [6.07, 6.45) is 6.45. The summed E-state index contributed by atoms with van der Waals surface area (Å²) in [5.41, 5.74) is 8.41. The van der Waals surface area contributed by atoms with Gasteiger partial charge in [-0.25, -0.2) is 0 Å². The number of hydrogen-bond acceptors (Lipinski definition) is 3. The maximum Gasteiger partial charge on any atom is 0.0709 e. The zero-order chi connectivity index (χ0) is 14.9. The topological polar surface area (TPSA) is 49.5 Å². The summed E-state index contributed by atoms with van der Waals surface area (Å²) in [5.74, 6) is 0.422. The summed E-state index contributed by atoms with van der Waals surface area (Å²) in [6.45, 7) is 4.06. The Morgan fingerprint density at radius 2 is 2.14 bits per heavy atom. The molecule has 0 bridgehead atoms. The molecule has 1 aliphatic heterocycles. The van der Waals surface area contributed by atoms with Gasteiger partial charge in [0, 0.05) is 30.7 Å². The van der Waals surface area contributed by atoms with Crippen LogP contribution in [0.3, 0.4) is 0 Å². The second-order valence-corrected chi connectivity index (χ2v) is 6.82. The molecule has 0 spiro atoms. The van der Waals surface area contributed by atoms with E-state index in [0.29, 0.717) is 5.92 Å². The third-order valence-corrected chi connectivity index (χ3v) is 5.54. The van der Waals surface area contributed by atoms with Gasteiger partial charge in [-0.05, 0) is 37.3 Å². The van der Waals surface area contributed by atoms with E-state index in [0.717, 1.165) is 38.8 Å². The summed E-state index contributed by atoms with van der Waals surface area (Å²) in [7, 11) is 0. The molecule has 1 aromatic carbocycles. The summed E-state index contributed by atoms with van der Waals surface area (Å²) in [4.78, 5) is 2.45. The molecule has 3 heteroatoms. The number of benzene rings is 1. The number of piperidine rings is 1. The van der Waals surface area contributed by atoms with Gasteiger partial charge in [-0.2, -0.15) is 0 Å². The molecule has 1 heterocycles. The van der Waals surface area contributed by atoms with Crippen molar-refractivity contribution in [3.8, 4) is 0 Å². The first kappa shape index (κ1) is 14.9. The summed E-state index contributed by atoms with van der Waals surface area (Å²) >= 11 is 0. The van der Waals surface area contributed by atoms with Gasteiger partial charge in [0.25, 0.3) is 0 Å².